The minimum Gasteiger partial charge on any atom is -0.370 e. The van der Waals surface area contributed by atoms with E-state index in [9.17, 15) is 0 Å². The normalized spacial score (nSPS) is 10.5. The van der Waals surface area contributed by atoms with Gasteiger partial charge in [0, 0.05) is 29.7 Å². The zero-order valence-electron chi connectivity index (χ0n) is 10.9. The molecule has 19 heavy (non-hydrogen) atoms. The zero-order chi connectivity index (χ0) is 13.7. The quantitative estimate of drug-likeness (QED) is 0.840. The average molecular weight is 339 g/mol. The van der Waals surface area contributed by atoms with Crippen LogP contribution in [0.5, 0.6) is 0 Å². The van der Waals surface area contributed by atoms with E-state index in [4.69, 9.17) is 0 Å². The molecule has 0 radical (unpaired) electrons. The van der Waals surface area contributed by atoms with Crippen molar-refractivity contribution < 1.29 is 0 Å². The molecule has 2 heterocycles. The number of aryl methyl sites for hydroxylation is 1. The van der Waals surface area contributed by atoms with E-state index in [2.05, 4.69) is 50.0 Å². The Balaban J connectivity index is 2.23. The molecule has 0 aliphatic carbocycles. The molecule has 0 spiro atoms. The van der Waals surface area contributed by atoms with Crippen LogP contribution in [0.2, 0.25) is 0 Å². The van der Waals surface area contributed by atoms with Crippen LogP contribution in [-0.2, 0) is 6.42 Å². The van der Waals surface area contributed by atoms with Crippen LogP contribution >= 0.6 is 27.7 Å². The topological polar surface area (TPSA) is 50.7 Å². The summed E-state index contributed by atoms with van der Waals surface area (Å²) in [6, 6.07) is 5.90. The molecule has 6 heteroatoms. The Labute approximate surface area is 125 Å². The Morgan fingerprint density at radius 1 is 1.21 bits per heavy atom. The van der Waals surface area contributed by atoms with E-state index in [-0.39, 0.29) is 0 Å². The van der Waals surface area contributed by atoms with Gasteiger partial charge in [-0.3, -0.25) is 0 Å². The van der Waals surface area contributed by atoms with Crippen LogP contribution in [-0.4, -0.2) is 21.5 Å². The molecule has 2 aromatic rings. The Morgan fingerprint density at radius 2 is 2.05 bits per heavy atom. The van der Waals surface area contributed by atoms with Crippen molar-refractivity contribution in [3.63, 3.8) is 0 Å². The van der Waals surface area contributed by atoms with Gasteiger partial charge in [-0.2, -0.15) is 0 Å². The molecule has 0 aliphatic heterocycles. The average Bonchev–Trinajstić information content (AvgIpc) is 2.41. The van der Waals surface area contributed by atoms with Crippen molar-refractivity contribution in [3.05, 3.63) is 34.7 Å². The maximum atomic E-state index is 4.51. The highest BCUT2D eigenvalue weighted by atomic mass is 79.9. The summed E-state index contributed by atoms with van der Waals surface area (Å²) < 4.78 is 0.974. The lowest BCUT2D eigenvalue weighted by Crippen LogP contribution is -2.03. The fourth-order valence-electron chi connectivity index (χ4n) is 1.48. The Morgan fingerprint density at radius 3 is 2.68 bits per heavy atom. The first-order chi connectivity index (χ1) is 9.21. The monoisotopic (exact) mass is 338 g/mol. The highest BCUT2D eigenvalue weighted by molar-refractivity contribution is 9.10. The van der Waals surface area contributed by atoms with Gasteiger partial charge >= 0.3 is 0 Å². The molecule has 0 atom stereocenters. The second-order valence-electron chi connectivity index (χ2n) is 3.81. The smallest absolute Gasteiger partial charge is 0.131 e. The largest absolute Gasteiger partial charge is 0.370 e. The van der Waals surface area contributed by atoms with Crippen LogP contribution in [0.3, 0.4) is 0 Å². The molecule has 0 aliphatic rings. The summed E-state index contributed by atoms with van der Waals surface area (Å²) in [5.41, 5.74) is 0. The van der Waals surface area contributed by atoms with E-state index in [1.165, 1.54) is 0 Å². The summed E-state index contributed by atoms with van der Waals surface area (Å²) in [4.78, 5) is 13.3. The van der Waals surface area contributed by atoms with Gasteiger partial charge in [0.15, 0.2) is 0 Å². The van der Waals surface area contributed by atoms with Gasteiger partial charge < -0.3 is 5.32 Å². The fraction of sp³-hybridized carbons (Fsp3) is 0.308. The standard InChI is InChI=1S/C13H15BrN4S/c1-3-10-17-11(15-4-2)7-13(18-10)19-12-6-5-9(14)8-16-12/h5-8H,3-4H2,1-2H3,(H,15,17,18). The van der Waals surface area contributed by atoms with Gasteiger partial charge in [-0.1, -0.05) is 6.92 Å². The van der Waals surface area contributed by atoms with E-state index in [0.717, 1.165) is 39.1 Å². The lowest BCUT2D eigenvalue weighted by atomic mass is 10.4. The van der Waals surface area contributed by atoms with E-state index >= 15 is 0 Å². The van der Waals surface area contributed by atoms with E-state index < -0.39 is 0 Å². The second kappa shape index (κ2) is 6.86. The van der Waals surface area contributed by atoms with Crippen molar-refractivity contribution in [1.82, 2.24) is 15.0 Å². The van der Waals surface area contributed by atoms with E-state index in [1.54, 1.807) is 18.0 Å². The second-order valence-corrected chi connectivity index (χ2v) is 5.76. The first kappa shape index (κ1) is 14.3. The number of nitrogens with one attached hydrogen (secondary N) is 1. The van der Waals surface area contributed by atoms with Crippen LogP contribution < -0.4 is 5.32 Å². The van der Waals surface area contributed by atoms with Crippen LogP contribution in [0.4, 0.5) is 5.82 Å². The molecule has 0 saturated heterocycles. The number of hydrogen-bond acceptors (Lipinski definition) is 5. The van der Waals surface area contributed by atoms with Gasteiger partial charge in [-0.15, -0.1) is 0 Å². The Hall–Kier alpha value is -1.14. The highest BCUT2D eigenvalue weighted by Crippen LogP contribution is 2.26. The van der Waals surface area contributed by atoms with Crippen molar-refractivity contribution in [1.29, 1.82) is 0 Å². The van der Waals surface area contributed by atoms with E-state index in [0.29, 0.717) is 0 Å². The van der Waals surface area contributed by atoms with Gasteiger partial charge in [-0.05, 0) is 46.7 Å². The number of hydrogen-bond donors (Lipinski definition) is 1. The van der Waals surface area contributed by atoms with Crippen LogP contribution in [0.15, 0.2) is 38.9 Å². The van der Waals surface area contributed by atoms with Crippen molar-refractivity contribution in [3.8, 4) is 0 Å². The predicted octanol–water partition coefficient (Wildman–Crippen LogP) is 3.78. The lowest BCUT2D eigenvalue weighted by molar-refractivity contribution is 0.886. The number of nitrogens with zero attached hydrogens (tertiary/aromatic N) is 3. The number of halogens is 1. The molecule has 1 N–H and O–H groups in total. The minimum absolute atomic E-state index is 0.820. The van der Waals surface area contributed by atoms with Gasteiger partial charge in [0.1, 0.15) is 21.7 Å². The summed E-state index contributed by atoms with van der Waals surface area (Å²) in [5.74, 6) is 1.71. The molecule has 2 rings (SSSR count). The fourth-order valence-corrected chi connectivity index (χ4v) is 2.50. The zero-order valence-corrected chi connectivity index (χ0v) is 13.3. The molecule has 0 unspecified atom stereocenters. The summed E-state index contributed by atoms with van der Waals surface area (Å²) in [5, 5.41) is 5.06. The van der Waals surface area contributed by atoms with Crippen LogP contribution in [0.25, 0.3) is 0 Å². The van der Waals surface area contributed by atoms with Crippen LogP contribution in [0.1, 0.15) is 19.7 Å². The number of rotatable bonds is 5. The lowest BCUT2D eigenvalue weighted by Gasteiger charge is -2.07. The number of pyridine rings is 1. The SMILES string of the molecule is CCNc1cc(Sc2ccc(Br)cn2)nc(CC)n1. The number of aromatic nitrogens is 3. The molecule has 0 amide bonds. The maximum absolute atomic E-state index is 4.51. The summed E-state index contributed by atoms with van der Waals surface area (Å²) in [6.45, 7) is 4.95. The predicted molar refractivity (Wildman–Crippen MR) is 81.6 cm³/mol. The summed E-state index contributed by atoms with van der Waals surface area (Å²) in [6.07, 6.45) is 2.61. The molecule has 0 bridgehead atoms. The maximum Gasteiger partial charge on any atom is 0.131 e. The molecular weight excluding hydrogens is 324 g/mol. The molecule has 0 saturated carbocycles. The molecule has 0 aromatic carbocycles. The van der Waals surface area contributed by atoms with Gasteiger partial charge in [0.25, 0.3) is 0 Å². The number of anilines is 1. The first-order valence-electron chi connectivity index (χ1n) is 6.12. The first-order valence-corrected chi connectivity index (χ1v) is 7.73. The van der Waals surface area contributed by atoms with Gasteiger partial charge in [0.05, 0.1) is 0 Å². The Kier molecular flexibility index (Phi) is 5.15. The van der Waals surface area contributed by atoms with E-state index in [1.807, 2.05) is 18.2 Å². The molecular formula is C13H15BrN4S. The third-order valence-electron chi connectivity index (χ3n) is 2.33. The van der Waals surface area contributed by atoms with Crippen molar-refractivity contribution in [2.45, 2.75) is 30.3 Å². The minimum atomic E-state index is 0.820. The van der Waals surface area contributed by atoms with Crippen molar-refractivity contribution in [2.75, 3.05) is 11.9 Å². The molecule has 0 fully saturated rings. The molecule has 2 aromatic heterocycles. The highest BCUT2D eigenvalue weighted by Gasteiger charge is 2.05. The van der Waals surface area contributed by atoms with Gasteiger partial charge in [-0.25, -0.2) is 15.0 Å². The third kappa shape index (κ3) is 4.18. The molecule has 100 valence electrons. The van der Waals surface area contributed by atoms with Crippen LogP contribution in [0, 0.1) is 0 Å². The van der Waals surface area contributed by atoms with Gasteiger partial charge in [0.2, 0.25) is 0 Å². The molecule has 4 nitrogen and oxygen atoms in total. The summed E-state index contributed by atoms with van der Waals surface area (Å²) in [7, 11) is 0. The van der Waals surface area contributed by atoms with Crippen molar-refractivity contribution >= 4 is 33.5 Å². The van der Waals surface area contributed by atoms with Crippen molar-refractivity contribution in [2.24, 2.45) is 0 Å². The summed E-state index contributed by atoms with van der Waals surface area (Å²) >= 11 is 4.92. The Bertz CT molecular complexity index is 545. The third-order valence-corrected chi connectivity index (χ3v) is 3.67.